The van der Waals surface area contributed by atoms with Crippen LogP contribution in [-0.2, 0) is 6.42 Å². The first-order chi connectivity index (χ1) is 13.7. The van der Waals surface area contributed by atoms with E-state index in [4.69, 9.17) is 5.26 Å². The Labute approximate surface area is 167 Å². The summed E-state index contributed by atoms with van der Waals surface area (Å²) in [5.74, 6) is 6.67. The van der Waals surface area contributed by atoms with Gasteiger partial charge in [-0.15, -0.1) is 0 Å². The molecule has 28 heavy (non-hydrogen) atoms. The summed E-state index contributed by atoms with van der Waals surface area (Å²) in [7, 11) is 0. The largest absolute Gasteiger partial charge is 0.206 e. The second-order valence-electron chi connectivity index (χ2n) is 7.54. The molecule has 0 N–H and O–H groups in total. The Morgan fingerprint density at radius 2 is 1.82 bits per heavy atom. The number of rotatable bonds is 4. The van der Waals surface area contributed by atoms with Gasteiger partial charge >= 0.3 is 0 Å². The molecule has 142 valence electrons. The monoisotopic (exact) mass is 371 g/mol. The topological polar surface area (TPSA) is 23.8 Å². The third-order valence-corrected chi connectivity index (χ3v) is 5.52. The molecule has 0 saturated heterocycles. The zero-order valence-corrected chi connectivity index (χ0v) is 16.4. The van der Waals surface area contributed by atoms with Crippen molar-refractivity contribution in [3.63, 3.8) is 0 Å². The van der Waals surface area contributed by atoms with Crippen LogP contribution in [0.2, 0.25) is 0 Å². The van der Waals surface area contributed by atoms with E-state index in [1.54, 1.807) is 6.07 Å². The van der Waals surface area contributed by atoms with Gasteiger partial charge in [0.2, 0.25) is 0 Å². The van der Waals surface area contributed by atoms with Crippen molar-refractivity contribution in [3.8, 4) is 17.9 Å². The zero-order valence-electron chi connectivity index (χ0n) is 16.4. The van der Waals surface area contributed by atoms with Crippen LogP contribution in [0.5, 0.6) is 0 Å². The lowest BCUT2D eigenvalue weighted by atomic mass is 9.78. The molecule has 0 heterocycles. The summed E-state index contributed by atoms with van der Waals surface area (Å²) in [6.07, 6.45) is 11.2. The van der Waals surface area contributed by atoms with Crippen LogP contribution in [0.1, 0.15) is 67.2 Å². The standard InChI is InChI=1S/C26H26FN/c1-2-5-20-8-13-23(14-9-20)24-15-10-21(11-16-24)6-3-4-7-22-12-17-25(19-28)26(27)18-22/h3,6,8-9,12-14,17-18,21,24H,2,5,10-11,15-16H2,1H3/b6-3+/t21-,24-. The van der Waals surface area contributed by atoms with Gasteiger partial charge in [-0.2, -0.15) is 5.26 Å². The van der Waals surface area contributed by atoms with Crippen LogP contribution in [-0.4, -0.2) is 0 Å². The summed E-state index contributed by atoms with van der Waals surface area (Å²) in [6.45, 7) is 2.22. The van der Waals surface area contributed by atoms with E-state index in [0.29, 0.717) is 17.4 Å². The summed E-state index contributed by atoms with van der Waals surface area (Å²) < 4.78 is 13.6. The van der Waals surface area contributed by atoms with Crippen LogP contribution >= 0.6 is 0 Å². The number of benzene rings is 2. The van der Waals surface area contributed by atoms with E-state index in [1.807, 2.05) is 12.1 Å². The van der Waals surface area contributed by atoms with E-state index in [-0.39, 0.29) is 5.56 Å². The SMILES string of the molecule is CCCc1ccc([C@H]2CC[C@H](/C=C/C#Cc3ccc(C#N)c(F)c3)CC2)cc1. The van der Waals surface area contributed by atoms with Crippen molar-refractivity contribution in [1.82, 2.24) is 0 Å². The lowest BCUT2D eigenvalue weighted by Gasteiger charge is -2.27. The maximum atomic E-state index is 13.6. The minimum absolute atomic E-state index is 0.0536. The van der Waals surface area contributed by atoms with Gasteiger partial charge in [0.25, 0.3) is 0 Å². The van der Waals surface area contributed by atoms with Gasteiger partial charge in [0.05, 0.1) is 5.56 Å². The highest BCUT2D eigenvalue weighted by Gasteiger charge is 2.20. The Balaban J connectivity index is 1.50. The molecule has 2 aromatic carbocycles. The van der Waals surface area contributed by atoms with Gasteiger partial charge in [0.1, 0.15) is 11.9 Å². The predicted octanol–water partition coefficient (Wildman–Crippen LogP) is 6.53. The van der Waals surface area contributed by atoms with E-state index in [0.717, 1.165) is 6.42 Å². The van der Waals surface area contributed by atoms with Crippen LogP contribution in [0.3, 0.4) is 0 Å². The normalized spacial score (nSPS) is 19.0. The van der Waals surface area contributed by atoms with Gasteiger partial charge in [0, 0.05) is 5.56 Å². The van der Waals surface area contributed by atoms with Gasteiger partial charge in [-0.3, -0.25) is 0 Å². The molecule has 2 aromatic rings. The first kappa shape index (κ1) is 19.9. The Morgan fingerprint density at radius 1 is 1.07 bits per heavy atom. The first-order valence-electron chi connectivity index (χ1n) is 10.2. The molecule has 0 radical (unpaired) electrons. The minimum atomic E-state index is -0.515. The van der Waals surface area contributed by atoms with Gasteiger partial charge in [-0.25, -0.2) is 4.39 Å². The lowest BCUT2D eigenvalue weighted by molar-refractivity contribution is 0.376. The number of hydrogen-bond donors (Lipinski definition) is 0. The van der Waals surface area contributed by atoms with Crippen LogP contribution < -0.4 is 0 Å². The minimum Gasteiger partial charge on any atom is -0.206 e. The van der Waals surface area contributed by atoms with Gasteiger partial charge in [-0.1, -0.05) is 55.5 Å². The molecule has 0 unspecified atom stereocenters. The fraction of sp³-hybridized carbons (Fsp3) is 0.346. The van der Waals surface area contributed by atoms with Crippen LogP contribution in [0.4, 0.5) is 4.39 Å². The molecular formula is C26H26FN. The van der Waals surface area contributed by atoms with Crippen molar-refractivity contribution < 1.29 is 4.39 Å². The second kappa shape index (κ2) is 9.91. The maximum Gasteiger partial charge on any atom is 0.142 e. The number of aryl methyl sites for hydroxylation is 1. The summed E-state index contributed by atoms with van der Waals surface area (Å²) in [5, 5.41) is 8.76. The van der Waals surface area contributed by atoms with Crippen molar-refractivity contribution >= 4 is 0 Å². The lowest BCUT2D eigenvalue weighted by Crippen LogP contribution is -2.11. The Kier molecular flexibility index (Phi) is 7.05. The number of hydrogen-bond acceptors (Lipinski definition) is 1. The molecule has 1 fully saturated rings. The highest BCUT2D eigenvalue weighted by molar-refractivity contribution is 5.42. The van der Waals surface area contributed by atoms with Crippen LogP contribution in [0.25, 0.3) is 0 Å². The molecule has 3 rings (SSSR count). The average molecular weight is 371 g/mol. The quantitative estimate of drug-likeness (QED) is 0.560. The van der Waals surface area contributed by atoms with Crippen molar-refractivity contribution in [2.45, 2.75) is 51.4 Å². The Morgan fingerprint density at radius 3 is 2.46 bits per heavy atom. The van der Waals surface area contributed by atoms with Crippen LogP contribution in [0, 0.1) is 34.9 Å². The highest BCUT2D eigenvalue weighted by atomic mass is 19.1. The molecule has 1 aliphatic rings. The molecule has 0 atom stereocenters. The Hall–Kier alpha value is -2.84. The number of allylic oxidation sites excluding steroid dienone is 2. The van der Waals surface area contributed by atoms with Crippen molar-refractivity contribution in [2.24, 2.45) is 5.92 Å². The predicted molar refractivity (Wildman–Crippen MR) is 112 cm³/mol. The van der Waals surface area contributed by atoms with Gasteiger partial charge < -0.3 is 0 Å². The zero-order chi connectivity index (χ0) is 19.8. The van der Waals surface area contributed by atoms with E-state index in [1.165, 1.54) is 55.4 Å². The summed E-state index contributed by atoms with van der Waals surface area (Å²) in [6, 6.07) is 15.5. The van der Waals surface area contributed by atoms with E-state index < -0.39 is 5.82 Å². The second-order valence-corrected chi connectivity index (χ2v) is 7.54. The van der Waals surface area contributed by atoms with Crippen molar-refractivity contribution in [2.75, 3.05) is 0 Å². The van der Waals surface area contributed by atoms with Crippen molar-refractivity contribution in [1.29, 1.82) is 5.26 Å². The molecule has 0 aromatic heterocycles. The van der Waals surface area contributed by atoms with E-state index >= 15 is 0 Å². The van der Waals surface area contributed by atoms with Gasteiger partial charge in [0.15, 0.2) is 0 Å². The molecule has 0 bridgehead atoms. The number of nitriles is 1. The molecule has 1 nitrogen and oxygen atoms in total. The summed E-state index contributed by atoms with van der Waals surface area (Å²) in [4.78, 5) is 0. The molecular weight excluding hydrogens is 345 g/mol. The molecule has 0 spiro atoms. The fourth-order valence-corrected chi connectivity index (χ4v) is 3.88. The van der Waals surface area contributed by atoms with E-state index in [2.05, 4.69) is 49.1 Å². The summed E-state index contributed by atoms with van der Waals surface area (Å²) in [5.41, 5.74) is 3.56. The average Bonchev–Trinajstić information content (AvgIpc) is 2.73. The first-order valence-corrected chi connectivity index (χ1v) is 10.2. The van der Waals surface area contributed by atoms with E-state index in [9.17, 15) is 4.39 Å². The number of nitrogens with zero attached hydrogens (tertiary/aromatic N) is 1. The molecule has 1 saturated carbocycles. The smallest absolute Gasteiger partial charge is 0.142 e. The number of halogens is 1. The Bertz CT molecular complexity index is 914. The van der Waals surface area contributed by atoms with Gasteiger partial charge in [-0.05, 0) is 79.3 Å². The van der Waals surface area contributed by atoms with Crippen molar-refractivity contribution in [3.05, 3.63) is 82.7 Å². The third-order valence-electron chi connectivity index (χ3n) is 5.52. The third kappa shape index (κ3) is 5.34. The highest BCUT2D eigenvalue weighted by Crippen LogP contribution is 2.36. The molecule has 0 aliphatic heterocycles. The maximum absolute atomic E-state index is 13.6. The molecule has 0 amide bonds. The summed E-state index contributed by atoms with van der Waals surface area (Å²) >= 11 is 0. The van der Waals surface area contributed by atoms with Crippen LogP contribution in [0.15, 0.2) is 54.6 Å². The fourth-order valence-electron chi connectivity index (χ4n) is 3.88. The molecule has 1 aliphatic carbocycles. The molecule has 2 heteroatoms.